The lowest BCUT2D eigenvalue weighted by atomic mass is 10.1. The first kappa shape index (κ1) is 20.7. The summed E-state index contributed by atoms with van der Waals surface area (Å²) in [6, 6.07) is 14.3. The summed E-state index contributed by atoms with van der Waals surface area (Å²) in [6.07, 6.45) is 0. The predicted molar refractivity (Wildman–Crippen MR) is 114 cm³/mol. The number of carbonyl (C=O) groups is 3. The Labute approximate surface area is 183 Å². The molecule has 158 valence electrons. The summed E-state index contributed by atoms with van der Waals surface area (Å²) in [5.74, 6) is -0.556. The number of benzene rings is 2. The van der Waals surface area contributed by atoms with Crippen LogP contribution in [0.15, 0.2) is 48.5 Å². The second kappa shape index (κ2) is 8.69. The zero-order valence-electron chi connectivity index (χ0n) is 17.1. The Hall–Kier alpha value is -3.52. The maximum absolute atomic E-state index is 12.5. The van der Waals surface area contributed by atoms with Gasteiger partial charge in [0, 0.05) is 0 Å². The number of aryl methyl sites for hydroxylation is 2. The van der Waals surface area contributed by atoms with Crippen LogP contribution in [0.1, 0.15) is 46.7 Å². The number of rotatable bonds is 7. The molecular weight excluding hydrogens is 416 g/mol. The second-order valence-electron chi connectivity index (χ2n) is 7.07. The highest BCUT2D eigenvalue weighted by Crippen LogP contribution is 2.23. The van der Waals surface area contributed by atoms with Crippen molar-refractivity contribution in [3.05, 3.63) is 80.8 Å². The number of imide groups is 1. The van der Waals surface area contributed by atoms with Gasteiger partial charge in [0.1, 0.15) is 28.8 Å². The van der Waals surface area contributed by atoms with E-state index < -0.39 is 5.97 Å². The molecule has 0 spiro atoms. The molecule has 1 aromatic heterocycles. The Balaban J connectivity index is 1.32. The number of hydrogen-bond acceptors (Lipinski definition) is 7. The van der Waals surface area contributed by atoms with Gasteiger partial charge in [-0.2, -0.15) is 0 Å². The number of esters is 1. The number of carbonyl (C=O) groups excluding carboxylic acids is 3. The first-order chi connectivity index (χ1) is 14.9. The molecule has 0 bridgehead atoms. The SMILES string of the molecule is Cc1ccc(OCc2nc(C)c(C(=O)OCCN3C(=O)c4ccccc4C3=O)s2)cc1. The molecule has 0 aliphatic carbocycles. The first-order valence-electron chi connectivity index (χ1n) is 9.72. The maximum atomic E-state index is 12.5. The summed E-state index contributed by atoms with van der Waals surface area (Å²) >= 11 is 1.21. The van der Waals surface area contributed by atoms with Crippen LogP contribution in [0.25, 0.3) is 0 Å². The highest BCUT2D eigenvalue weighted by Gasteiger charge is 2.34. The number of amides is 2. The van der Waals surface area contributed by atoms with Gasteiger partial charge in [0.2, 0.25) is 0 Å². The Bertz CT molecular complexity index is 1120. The van der Waals surface area contributed by atoms with Crippen LogP contribution in [0.2, 0.25) is 0 Å². The zero-order chi connectivity index (χ0) is 22.0. The van der Waals surface area contributed by atoms with E-state index in [4.69, 9.17) is 9.47 Å². The van der Waals surface area contributed by atoms with Crippen molar-refractivity contribution in [1.29, 1.82) is 0 Å². The average Bonchev–Trinajstić information content (AvgIpc) is 3.26. The Morgan fingerprint density at radius 1 is 1.00 bits per heavy atom. The molecule has 0 N–H and O–H groups in total. The van der Waals surface area contributed by atoms with E-state index in [1.54, 1.807) is 31.2 Å². The molecule has 31 heavy (non-hydrogen) atoms. The molecular formula is C23H20N2O5S. The molecule has 1 aliphatic heterocycles. The minimum Gasteiger partial charge on any atom is -0.486 e. The van der Waals surface area contributed by atoms with Crippen molar-refractivity contribution in [2.75, 3.05) is 13.2 Å². The van der Waals surface area contributed by atoms with Crippen molar-refractivity contribution >= 4 is 29.1 Å². The van der Waals surface area contributed by atoms with Crippen molar-refractivity contribution in [3.8, 4) is 5.75 Å². The quantitative estimate of drug-likeness (QED) is 0.414. The zero-order valence-corrected chi connectivity index (χ0v) is 17.9. The largest absolute Gasteiger partial charge is 0.486 e. The summed E-state index contributed by atoms with van der Waals surface area (Å²) in [5, 5.41) is 0.658. The fraction of sp³-hybridized carbons (Fsp3) is 0.217. The number of hydrogen-bond donors (Lipinski definition) is 0. The van der Waals surface area contributed by atoms with Crippen molar-refractivity contribution in [1.82, 2.24) is 9.88 Å². The summed E-state index contributed by atoms with van der Waals surface area (Å²) in [4.78, 5) is 43.0. The minimum absolute atomic E-state index is 0.000664. The smallest absolute Gasteiger partial charge is 0.350 e. The molecule has 0 atom stereocenters. The lowest BCUT2D eigenvalue weighted by Gasteiger charge is -2.13. The van der Waals surface area contributed by atoms with E-state index in [-0.39, 0.29) is 31.6 Å². The third kappa shape index (κ3) is 4.34. The van der Waals surface area contributed by atoms with E-state index in [0.717, 1.165) is 16.2 Å². The Kier molecular flexibility index (Phi) is 5.81. The molecule has 2 amide bonds. The molecule has 2 aromatic carbocycles. The molecule has 1 aliphatic rings. The van der Waals surface area contributed by atoms with Crippen molar-refractivity contribution < 1.29 is 23.9 Å². The van der Waals surface area contributed by atoms with E-state index in [0.29, 0.717) is 26.7 Å². The van der Waals surface area contributed by atoms with Gasteiger partial charge in [-0.15, -0.1) is 11.3 Å². The van der Waals surface area contributed by atoms with Crippen LogP contribution in [0.5, 0.6) is 5.75 Å². The molecule has 0 unspecified atom stereocenters. The Morgan fingerprint density at radius 2 is 1.65 bits per heavy atom. The average molecular weight is 436 g/mol. The summed E-state index contributed by atoms with van der Waals surface area (Å²) in [6.45, 7) is 3.89. The van der Waals surface area contributed by atoms with Gasteiger partial charge in [0.15, 0.2) is 0 Å². The van der Waals surface area contributed by atoms with E-state index >= 15 is 0 Å². The molecule has 0 fully saturated rings. The van der Waals surface area contributed by atoms with Crippen LogP contribution in [0.3, 0.4) is 0 Å². The van der Waals surface area contributed by atoms with Gasteiger partial charge in [-0.25, -0.2) is 9.78 Å². The molecule has 0 radical (unpaired) electrons. The first-order valence-corrected chi connectivity index (χ1v) is 10.5. The van der Waals surface area contributed by atoms with Gasteiger partial charge >= 0.3 is 5.97 Å². The van der Waals surface area contributed by atoms with Gasteiger partial charge in [-0.05, 0) is 38.1 Å². The summed E-state index contributed by atoms with van der Waals surface area (Å²) in [7, 11) is 0. The minimum atomic E-state index is -0.534. The van der Waals surface area contributed by atoms with Gasteiger partial charge in [-0.3, -0.25) is 14.5 Å². The fourth-order valence-corrected chi connectivity index (χ4v) is 4.09. The van der Waals surface area contributed by atoms with Crippen molar-refractivity contribution in [3.63, 3.8) is 0 Å². The molecule has 0 saturated heterocycles. The van der Waals surface area contributed by atoms with Crippen LogP contribution in [-0.4, -0.2) is 40.8 Å². The van der Waals surface area contributed by atoms with Gasteiger partial charge in [-0.1, -0.05) is 29.8 Å². The number of nitrogens with zero attached hydrogens (tertiary/aromatic N) is 2. The monoisotopic (exact) mass is 436 g/mol. The lowest BCUT2D eigenvalue weighted by molar-refractivity contribution is 0.0423. The van der Waals surface area contributed by atoms with E-state index in [2.05, 4.69) is 4.98 Å². The lowest BCUT2D eigenvalue weighted by Crippen LogP contribution is -2.33. The van der Waals surface area contributed by atoms with Crippen molar-refractivity contribution in [2.45, 2.75) is 20.5 Å². The molecule has 8 heteroatoms. The van der Waals surface area contributed by atoms with E-state index in [1.807, 2.05) is 31.2 Å². The normalized spacial score (nSPS) is 12.8. The number of fused-ring (bicyclic) bond motifs is 1. The highest BCUT2D eigenvalue weighted by molar-refractivity contribution is 7.13. The van der Waals surface area contributed by atoms with Crippen molar-refractivity contribution in [2.24, 2.45) is 0 Å². The molecule has 3 aromatic rings. The van der Waals surface area contributed by atoms with Crippen LogP contribution in [0, 0.1) is 13.8 Å². The van der Waals surface area contributed by atoms with E-state index in [1.165, 1.54) is 11.3 Å². The second-order valence-corrected chi connectivity index (χ2v) is 8.15. The third-order valence-corrected chi connectivity index (χ3v) is 5.95. The molecule has 4 rings (SSSR count). The molecule has 7 nitrogen and oxygen atoms in total. The van der Waals surface area contributed by atoms with Crippen LogP contribution >= 0.6 is 11.3 Å². The van der Waals surface area contributed by atoms with Gasteiger partial charge in [0.05, 0.1) is 23.4 Å². The van der Waals surface area contributed by atoms with Crippen LogP contribution < -0.4 is 4.74 Å². The number of aromatic nitrogens is 1. The van der Waals surface area contributed by atoms with Gasteiger partial charge < -0.3 is 9.47 Å². The topological polar surface area (TPSA) is 85.8 Å². The van der Waals surface area contributed by atoms with Crippen LogP contribution in [-0.2, 0) is 11.3 Å². The predicted octanol–water partition coefficient (Wildman–Crippen LogP) is 3.79. The van der Waals surface area contributed by atoms with E-state index in [9.17, 15) is 14.4 Å². The Morgan fingerprint density at radius 3 is 2.29 bits per heavy atom. The van der Waals surface area contributed by atoms with Gasteiger partial charge in [0.25, 0.3) is 11.8 Å². The van der Waals surface area contributed by atoms with Crippen LogP contribution in [0.4, 0.5) is 0 Å². The maximum Gasteiger partial charge on any atom is 0.350 e. The fourth-order valence-electron chi connectivity index (χ4n) is 3.22. The number of thiazole rings is 1. The highest BCUT2D eigenvalue weighted by atomic mass is 32.1. The summed E-state index contributed by atoms with van der Waals surface area (Å²) in [5.41, 5.74) is 2.44. The summed E-state index contributed by atoms with van der Waals surface area (Å²) < 4.78 is 11.0. The number of ether oxygens (including phenoxy) is 2. The standard InChI is InChI=1S/C23H20N2O5S/c1-14-7-9-16(10-8-14)30-13-19-24-15(2)20(31-19)23(28)29-12-11-25-21(26)17-5-3-4-6-18(17)22(25)27/h3-10H,11-13H2,1-2H3. The molecule has 0 saturated carbocycles. The third-order valence-electron chi connectivity index (χ3n) is 4.84. The molecule has 2 heterocycles.